The fourth-order valence-electron chi connectivity index (χ4n) is 2.26. The monoisotopic (exact) mass is 219 g/mol. The Kier molecular flexibility index (Phi) is 3.83. The van der Waals surface area contributed by atoms with Gasteiger partial charge in [-0.15, -0.1) is 0 Å². The molecule has 2 heteroatoms. The average molecular weight is 219 g/mol. The van der Waals surface area contributed by atoms with Crippen LogP contribution in [0.4, 0.5) is 0 Å². The number of rotatable bonds is 5. The van der Waals surface area contributed by atoms with Gasteiger partial charge in [0.05, 0.1) is 0 Å². The zero-order valence-electron chi connectivity index (χ0n) is 9.95. The second kappa shape index (κ2) is 5.35. The summed E-state index contributed by atoms with van der Waals surface area (Å²) in [4.78, 5) is 0. The van der Waals surface area contributed by atoms with E-state index in [-0.39, 0.29) is 0 Å². The number of nitrogens with one attached hydrogen (secondary N) is 1. The highest BCUT2D eigenvalue weighted by atomic mass is 16.3. The van der Waals surface area contributed by atoms with Gasteiger partial charge in [0.2, 0.25) is 0 Å². The van der Waals surface area contributed by atoms with E-state index in [0.717, 1.165) is 18.0 Å². The van der Waals surface area contributed by atoms with Gasteiger partial charge in [-0.3, -0.25) is 0 Å². The van der Waals surface area contributed by atoms with Gasteiger partial charge in [0.25, 0.3) is 0 Å². The van der Waals surface area contributed by atoms with Gasteiger partial charge in [-0.25, -0.2) is 0 Å². The standard InChI is InChI=1S/C14H21NO/c1-11(9-12-5-4-6-12)15-10-13-7-2-3-8-14(13)16/h2-3,7-8,11-12,15-16H,4-6,9-10H2,1H3. The Morgan fingerprint density at radius 1 is 1.38 bits per heavy atom. The average Bonchev–Trinajstić information content (AvgIpc) is 2.22. The normalized spacial score (nSPS) is 18.1. The fraction of sp³-hybridized carbons (Fsp3) is 0.571. The molecule has 1 atom stereocenters. The van der Waals surface area contributed by atoms with Gasteiger partial charge in [0, 0.05) is 18.2 Å². The highest BCUT2D eigenvalue weighted by molar-refractivity contribution is 5.31. The van der Waals surface area contributed by atoms with E-state index in [2.05, 4.69) is 12.2 Å². The molecule has 0 aliphatic heterocycles. The number of hydrogen-bond acceptors (Lipinski definition) is 2. The maximum absolute atomic E-state index is 9.62. The molecular weight excluding hydrogens is 198 g/mol. The van der Waals surface area contributed by atoms with E-state index in [9.17, 15) is 5.11 Å². The zero-order valence-corrected chi connectivity index (χ0v) is 9.95. The lowest BCUT2D eigenvalue weighted by atomic mass is 9.81. The van der Waals surface area contributed by atoms with Gasteiger partial charge in [-0.1, -0.05) is 37.5 Å². The summed E-state index contributed by atoms with van der Waals surface area (Å²) in [5.41, 5.74) is 0.989. The van der Waals surface area contributed by atoms with Crippen LogP contribution in [0.3, 0.4) is 0 Å². The molecule has 1 fully saturated rings. The topological polar surface area (TPSA) is 32.3 Å². The summed E-state index contributed by atoms with van der Waals surface area (Å²) in [7, 11) is 0. The summed E-state index contributed by atoms with van der Waals surface area (Å²) in [6.45, 7) is 3.00. The molecule has 1 aliphatic rings. The van der Waals surface area contributed by atoms with Crippen molar-refractivity contribution in [3.8, 4) is 5.75 Å². The first-order valence-corrected chi connectivity index (χ1v) is 6.26. The zero-order chi connectivity index (χ0) is 11.4. The summed E-state index contributed by atoms with van der Waals surface area (Å²) in [6.07, 6.45) is 5.50. The lowest BCUT2D eigenvalue weighted by molar-refractivity contribution is 0.265. The number of aromatic hydroxyl groups is 1. The van der Waals surface area contributed by atoms with E-state index < -0.39 is 0 Å². The second-order valence-electron chi connectivity index (χ2n) is 4.94. The van der Waals surface area contributed by atoms with Crippen molar-refractivity contribution in [2.45, 2.75) is 45.2 Å². The molecule has 0 amide bonds. The molecule has 0 bridgehead atoms. The van der Waals surface area contributed by atoms with Crippen LogP contribution in [0.15, 0.2) is 24.3 Å². The molecule has 0 spiro atoms. The Morgan fingerprint density at radius 3 is 2.75 bits per heavy atom. The summed E-state index contributed by atoms with van der Waals surface area (Å²) >= 11 is 0. The van der Waals surface area contributed by atoms with Crippen LogP contribution < -0.4 is 5.32 Å². The van der Waals surface area contributed by atoms with E-state index in [0.29, 0.717) is 11.8 Å². The van der Waals surface area contributed by atoms with Crippen LogP contribution in [0.1, 0.15) is 38.2 Å². The SMILES string of the molecule is CC(CC1CCC1)NCc1ccccc1O. The summed E-state index contributed by atoms with van der Waals surface area (Å²) in [5, 5.41) is 13.1. The maximum atomic E-state index is 9.62. The van der Waals surface area contributed by atoms with E-state index >= 15 is 0 Å². The molecule has 2 rings (SSSR count). The minimum absolute atomic E-state index is 0.394. The molecule has 0 heterocycles. The number of para-hydroxylation sites is 1. The van der Waals surface area contributed by atoms with Crippen molar-refractivity contribution in [2.24, 2.45) is 5.92 Å². The van der Waals surface area contributed by atoms with Crippen LogP contribution in [0.5, 0.6) is 5.75 Å². The Labute approximate surface area is 97.7 Å². The van der Waals surface area contributed by atoms with Crippen LogP contribution in [-0.2, 0) is 6.54 Å². The van der Waals surface area contributed by atoms with Crippen molar-refractivity contribution in [2.75, 3.05) is 0 Å². The first kappa shape index (κ1) is 11.5. The molecule has 16 heavy (non-hydrogen) atoms. The minimum Gasteiger partial charge on any atom is -0.508 e. The molecular formula is C14H21NO. The van der Waals surface area contributed by atoms with Crippen molar-refractivity contribution in [1.29, 1.82) is 0 Å². The van der Waals surface area contributed by atoms with Crippen LogP contribution in [-0.4, -0.2) is 11.1 Å². The Bertz CT molecular complexity index is 333. The quantitative estimate of drug-likeness (QED) is 0.797. The Morgan fingerprint density at radius 2 is 2.12 bits per heavy atom. The van der Waals surface area contributed by atoms with E-state index in [1.165, 1.54) is 25.7 Å². The van der Waals surface area contributed by atoms with Gasteiger partial charge in [-0.05, 0) is 25.3 Å². The predicted molar refractivity (Wildman–Crippen MR) is 66.4 cm³/mol. The Balaban J connectivity index is 1.75. The number of hydrogen-bond donors (Lipinski definition) is 2. The molecule has 1 aromatic rings. The first-order chi connectivity index (χ1) is 7.75. The third kappa shape index (κ3) is 2.99. The van der Waals surface area contributed by atoms with Crippen molar-refractivity contribution >= 4 is 0 Å². The lowest BCUT2D eigenvalue weighted by Gasteiger charge is -2.28. The van der Waals surface area contributed by atoms with Gasteiger partial charge in [-0.2, -0.15) is 0 Å². The summed E-state index contributed by atoms with van der Waals surface area (Å²) in [6, 6.07) is 8.08. The first-order valence-electron chi connectivity index (χ1n) is 6.26. The summed E-state index contributed by atoms with van der Waals surface area (Å²) in [5.74, 6) is 1.33. The fourth-order valence-corrected chi connectivity index (χ4v) is 2.26. The van der Waals surface area contributed by atoms with Crippen molar-refractivity contribution in [3.63, 3.8) is 0 Å². The third-order valence-electron chi connectivity index (χ3n) is 3.54. The van der Waals surface area contributed by atoms with Gasteiger partial charge in [0.15, 0.2) is 0 Å². The molecule has 0 aromatic heterocycles. The lowest BCUT2D eigenvalue weighted by Crippen LogP contribution is -2.29. The number of phenols is 1. The van der Waals surface area contributed by atoms with Crippen molar-refractivity contribution in [1.82, 2.24) is 5.32 Å². The van der Waals surface area contributed by atoms with Gasteiger partial charge >= 0.3 is 0 Å². The molecule has 1 unspecified atom stereocenters. The maximum Gasteiger partial charge on any atom is 0.120 e. The molecule has 2 nitrogen and oxygen atoms in total. The third-order valence-corrected chi connectivity index (χ3v) is 3.54. The van der Waals surface area contributed by atoms with Crippen LogP contribution in [0.2, 0.25) is 0 Å². The number of benzene rings is 1. The molecule has 0 radical (unpaired) electrons. The highest BCUT2D eigenvalue weighted by Gasteiger charge is 2.19. The van der Waals surface area contributed by atoms with Crippen molar-refractivity contribution < 1.29 is 5.11 Å². The largest absolute Gasteiger partial charge is 0.508 e. The molecule has 1 aromatic carbocycles. The van der Waals surface area contributed by atoms with Crippen LogP contribution >= 0.6 is 0 Å². The summed E-state index contributed by atoms with van der Waals surface area (Å²) < 4.78 is 0. The van der Waals surface area contributed by atoms with Crippen molar-refractivity contribution in [3.05, 3.63) is 29.8 Å². The molecule has 0 saturated heterocycles. The van der Waals surface area contributed by atoms with E-state index in [1.807, 2.05) is 18.2 Å². The van der Waals surface area contributed by atoms with E-state index in [4.69, 9.17) is 0 Å². The molecule has 2 N–H and O–H groups in total. The number of phenolic OH excluding ortho intramolecular Hbond substituents is 1. The highest BCUT2D eigenvalue weighted by Crippen LogP contribution is 2.30. The second-order valence-corrected chi connectivity index (χ2v) is 4.94. The minimum atomic E-state index is 0.394. The van der Waals surface area contributed by atoms with Gasteiger partial charge in [0.1, 0.15) is 5.75 Å². The van der Waals surface area contributed by atoms with Gasteiger partial charge < -0.3 is 10.4 Å². The Hall–Kier alpha value is -1.02. The molecule has 88 valence electrons. The molecule has 1 saturated carbocycles. The predicted octanol–water partition coefficient (Wildman–Crippen LogP) is 3.06. The smallest absolute Gasteiger partial charge is 0.120 e. The molecule has 1 aliphatic carbocycles. The van der Waals surface area contributed by atoms with Crippen LogP contribution in [0.25, 0.3) is 0 Å². The van der Waals surface area contributed by atoms with Crippen LogP contribution in [0, 0.1) is 5.92 Å². The van der Waals surface area contributed by atoms with E-state index in [1.54, 1.807) is 6.07 Å².